The fraction of sp³-hybridized carbons (Fsp3) is 0.929. The molecule has 1 fully saturated rings. The van der Waals surface area contributed by atoms with Crippen LogP contribution in [0.15, 0.2) is 0 Å². The van der Waals surface area contributed by atoms with Crippen molar-refractivity contribution in [3.63, 3.8) is 0 Å². The van der Waals surface area contributed by atoms with Gasteiger partial charge in [-0.05, 0) is 39.7 Å². The average molecular weight is 293 g/mol. The molecular formula is C14H29ClN2O2. The molecule has 114 valence electrons. The summed E-state index contributed by atoms with van der Waals surface area (Å²) in [6, 6.07) is 0.190. The lowest BCUT2D eigenvalue weighted by Gasteiger charge is -2.29. The molecule has 2 N–H and O–H groups in total. The first-order chi connectivity index (χ1) is 8.33. The Balaban J connectivity index is 0.00000324. The van der Waals surface area contributed by atoms with E-state index in [4.69, 9.17) is 4.74 Å². The highest BCUT2D eigenvalue weighted by Gasteiger charge is 2.31. The van der Waals surface area contributed by atoms with Crippen molar-refractivity contribution in [1.82, 2.24) is 10.6 Å². The summed E-state index contributed by atoms with van der Waals surface area (Å²) in [7, 11) is 0. The van der Waals surface area contributed by atoms with Crippen LogP contribution in [0.3, 0.4) is 0 Å². The zero-order valence-electron chi connectivity index (χ0n) is 12.8. The number of hydrogen-bond donors (Lipinski definition) is 2. The third-order valence-corrected chi connectivity index (χ3v) is 3.35. The maximum absolute atomic E-state index is 12.2. The van der Waals surface area contributed by atoms with E-state index in [2.05, 4.69) is 24.5 Å². The van der Waals surface area contributed by atoms with Gasteiger partial charge in [-0.15, -0.1) is 12.4 Å². The summed E-state index contributed by atoms with van der Waals surface area (Å²) < 4.78 is 5.51. The van der Waals surface area contributed by atoms with Crippen LogP contribution >= 0.6 is 12.4 Å². The Kier molecular flexibility index (Phi) is 7.94. The molecule has 1 aliphatic rings. The van der Waals surface area contributed by atoms with Crippen LogP contribution < -0.4 is 10.6 Å². The minimum Gasteiger partial charge on any atom is -0.459 e. The molecule has 0 saturated carbocycles. The van der Waals surface area contributed by atoms with Gasteiger partial charge in [0, 0.05) is 12.6 Å². The standard InChI is InChI=1S/C14H28N2O2.ClH/c1-6-10(2)12(13(17)18-14(3,4)5)16-11-7-8-15-9-11;/h10-12,15-16H,6-9H2,1-5H3;1H/t10-,11-,12-;/m0./s1. The Labute approximate surface area is 123 Å². The Morgan fingerprint density at radius 1 is 1.47 bits per heavy atom. The number of nitrogens with one attached hydrogen (secondary N) is 2. The molecule has 0 spiro atoms. The normalized spacial score (nSPS) is 22.5. The summed E-state index contributed by atoms with van der Waals surface area (Å²) in [5.74, 6) is 0.171. The van der Waals surface area contributed by atoms with E-state index in [0.717, 1.165) is 25.9 Å². The van der Waals surface area contributed by atoms with Crippen molar-refractivity contribution in [1.29, 1.82) is 0 Å². The van der Waals surface area contributed by atoms with Crippen LogP contribution in [-0.4, -0.2) is 36.7 Å². The number of carbonyl (C=O) groups is 1. The van der Waals surface area contributed by atoms with Crippen LogP contribution in [0, 0.1) is 5.92 Å². The van der Waals surface area contributed by atoms with Gasteiger partial charge in [-0.2, -0.15) is 0 Å². The molecular weight excluding hydrogens is 264 g/mol. The van der Waals surface area contributed by atoms with Gasteiger partial charge in [0.2, 0.25) is 0 Å². The first-order valence-electron chi connectivity index (χ1n) is 7.03. The van der Waals surface area contributed by atoms with E-state index < -0.39 is 5.60 Å². The molecule has 4 nitrogen and oxygen atoms in total. The van der Waals surface area contributed by atoms with Crippen molar-refractivity contribution in [2.45, 2.75) is 65.1 Å². The summed E-state index contributed by atoms with van der Waals surface area (Å²) in [4.78, 5) is 12.2. The number of carbonyl (C=O) groups excluding carboxylic acids is 1. The number of ether oxygens (including phenoxy) is 1. The van der Waals surface area contributed by atoms with Gasteiger partial charge < -0.3 is 15.4 Å². The van der Waals surface area contributed by atoms with Gasteiger partial charge in [-0.1, -0.05) is 20.3 Å². The van der Waals surface area contributed by atoms with E-state index in [1.165, 1.54) is 0 Å². The summed E-state index contributed by atoms with van der Waals surface area (Å²) in [5.41, 5.74) is -0.418. The number of hydrogen-bond acceptors (Lipinski definition) is 4. The molecule has 0 bridgehead atoms. The Hall–Kier alpha value is -0.320. The van der Waals surface area contributed by atoms with E-state index in [9.17, 15) is 4.79 Å². The van der Waals surface area contributed by atoms with Crippen LogP contribution in [0.1, 0.15) is 47.5 Å². The van der Waals surface area contributed by atoms with Gasteiger partial charge in [0.15, 0.2) is 0 Å². The third kappa shape index (κ3) is 6.59. The molecule has 0 amide bonds. The minimum absolute atomic E-state index is 0. The van der Waals surface area contributed by atoms with Crippen LogP contribution in [0.4, 0.5) is 0 Å². The molecule has 5 heteroatoms. The van der Waals surface area contributed by atoms with Crippen molar-refractivity contribution in [2.75, 3.05) is 13.1 Å². The van der Waals surface area contributed by atoms with Crippen molar-refractivity contribution in [3.05, 3.63) is 0 Å². The van der Waals surface area contributed by atoms with E-state index in [1.54, 1.807) is 0 Å². The third-order valence-electron chi connectivity index (χ3n) is 3.35. The first-order valence-corrected chi connectivity index (χ1v) is 7.03. The zero-order valence-corrected chi connectivity index (χ0v) is 13.6. The lowest BCUT2D eigenvalue weighted by molar-refractivity contribution is -0.159. The van der Waals surface area contributed by atoms with Crippen LogP contribution in [0.2, 0.25) is 0 Å². The predicted octanol–water partition coefficient (Wildman–Crippen LogP) is 2.12. The van der Waals surface area contributed by atoms with Gasteiger partial charge in [-0.25, -0.2) is 0 Å². The van der Waals surface area contributed by atoms with Crippen molar-refractivity contribution < 1.29 is 9.53 Å². The summed E-state index contributed by atoms with van der Waals surface area (Å²) in [6.45, 7) is 11.9. The molecule has 1 rings (SSSR count). The van der Waals surface area contributed by atoms with Crippen LogP contribution in [0.5, 0.6) is 0 Å². The van der Waals surface area contributed by atoms with Crippen LogP contribution in [-0.2, 0) is 9.53 Å². The zero-order chi connectivity index (χ0) is 13.8. The monoisotopic (exact) mass is 292 g/mol. The molecule has 19 heavy (non-hydrogen) atoms. The van der Waals surface area contributed by atoms with E-state index in [-0.39, 0.29) is 24.4 Å². The molecule has 0 aliphatic carbocycles. The number of rotatable bonds is 5. The lowest BCUT2D eigenvalue weighted by Crippen LogP contribution is -2.50. The molecule has 0 unspecified atom stereocenters. The fourth-order valence-corrected chi connectivity index (χ4v) is 2.12. The second kappa shape index (κ2) is 8.08. The van der Waals surface area contributed by atoms with E-state index in [1.807, 2.05) is 20.8 Å². The highest BCUT2D eigenvalue weighted by molar-refractivity contribution is 5.85. The van der Waals surface area contributed by atoms with Gasteiger partial charge in [0.05, 0.1) is 0 Å². The lowest BCUT2D eigenvalue weighted by atomic mass is 9.97. The smallest absolute Gasteiger partial charge is 0.323 e. The molecule has 0 radical (unpaired) electrons. The maximum atomic E-state index is 12.2. The van der Waals surface area contributed by atoms with Crippen molar-refractivity contribution in [3.8, 4) is 0 Å². The predicted molar refractivity (Wildman–Crippen MR) is 80.7 cm³/mol. The molecule has 1 aliphatic heterocycles. The Morgan fingerprint density at radius 3 is 2.53 bits per heavy atom. The molecule has 1 heterocycles. The minimum atomic E-state index is -0.418. The maximum Gasteiger partial charge on any atom is 0.323 e. The number of halogens is 1. The Morgan fingerprint density at radius 2 is 2.11 bits per heavy atom. The first kappa shape index (κ1) is 18.7. The molecule has 0 aromatic rings. The van der Waals surface area contributed by atoms with Gasteiger partial charge in [0.1, 0.15) is 11.6 Å². The summed E-state index contributed by atoms with van der Waals surface area (Å²) >= 11 is 0. The topological polar surface area (TPSA) is 50.4 Å². The van der Waals surface area contributed by atoms with E-state index >= 15 is 0 Å². The van der Waals surface area contributed by atoms with Gasteiger partial charge in [0.25, 0.3) is 0 Å². The van der Waals surface area contributed by atoms with E-state index in [0.29, 0.717) is 12.0 Å². The van der Waals surface area contributed by atoms with Crippen molar-refractivity contribution >= 4 is 18.4 Å². The fourth-order valence-electron chi connectivity index (χ4n) is 2.12. The molecule has 0 aromatic heterocycles. The van der Waals surface area contributed by atoms with Gasteiger partial charge in [-0.3, -0.25) is 4.79 Å². The highest BCUT2D eigenvalue weighted by atomic mass is 35.5. The molecule has 3 atom stereocenters. The molecule has 1 saturated heterocycles. The quantitative estimate of drug-likeness (QED) is 0.762. The second-order valence-corrected chi connectivity index (χ2v) is 6.25. The second-order valence-electron chi connectivity index (χ2n) is 6.25. The van der Waals surface area contributed by atoms with Crippen molar-refractivity contribution in [2.24, 2.45) is 5.92 Å². The van der Waals surface area contributed by atoms with Gasteiger partial charge >= 0.3 is 5.97 Å². The number of esters is 1. The largest absolute Gasteiger partial charge is 0.459 e. The van der Waals surface area contributed by atoms with Crippen LogP contribution in [0.25, 0.3) is 0 Å². The summed E-state index contributed by atoms with van der Waals surface area (Å²) in [6.07, 6.45) is 2.05. The average Bonchev–Trinajstić information content (AvgIpc) is 2.75. The summed E-state index contributed by atoms with van der Waals surface area (Å²) in [5, 5.41) is 6.76. The highest BCUT2D eigenvalue weighted by Crippen LogP contribution is 2.16. The molecule has 0 aromatic carbocycles. The SMILES string of the molecule is CC[C@H](C)[C@H](N[C@H]1CCNC1)C(=O)OC(C)(C)C.Cl. The Bertz CT molecular complexity index is 273.